The number of nitrogens with one attached hydrogen (secondary N) is 1. The Morgan fingerprint density at radius 3 is 2.75 bits per heavy atom. The summed E-state index contributed by atoms with van der Waals surface area (Å²) in [4.78, 5) is 0. The zero-order valence-corrected chi connectivity index (χ0v) is 13.0. The topological polar surface area (TPSA) is 49.0 Å². The van der Waals surface area contributed by atoms with Gasteiger partial charge in [0.05, 0.1) is 32.0 Å². The van der Waals surface area contributed by atoms with Gasteiger partial charge in [0.2, 0.25) is 0 Å². The zero-order valence-electron chi connectivity index (χ0n) is 13.0. The van der Waals surface area contributed by atoms with E-state index < -0.39 is 5.79 Å². The van der Waals surface area contributed by atoms with E-state index >= 15 is 0 Å². The highest BCUT2D eigenvalue weighted by molar-refractivity contribution is 4.92. The lowest BCUT2D eigenvalue weighted by Crippen LogP contribution is -2.53. The van der Waals surface area contributed by atoms with Crippen LogP contribution in [0.25, 0.3) is 0 Å². The maximum atomic E-state index is 6.18. The molecule has 1 saturated heterocycles. The number of rotatable bonds is 7. The van der Waals surface area contributed by atoms with Gasteiger partial charge in [-0.05, 0) is 26.3 Å². The van der Waals surface area contributed by atoms with Gasteiger partial charge < -0.3 is 24.3 Å². The van der Waals surface area contributed by atoms with E-state index in [0.29, 0.717) is 25.9 Å². The van der Waals surface area contributed by atoms with E-state index in [4.69, 9.17) is 18.9 Å². The molecule has 1 aliphatic carbocycles. The van der Waals surface area contributed by atoms with Gasteiger partial charge in [0, 0.05) is 26.0 Å². The molecule has 1 spiro atoms. The highest BCUT2D eigenvalue weighted by Gasteiger charge is 2.45. The molecular weight excluding hydrogens is 258 g/mol. The molecule has 0 bridgehead atoms. The van der Waals surface area contributed by atoms with E-state index in [1.807, 2.05) is 0 Å². The zero-order chi connectivity index (χ0) is 14.4. The molecule has 5 nitrogen and oxygen atoms in total. The Kier molecular flexibility index (Phi) is 6.23. The van der Waals surface area contributed by atoms with Crippen LogP contribution in [0.1, 0.15) is 39.5 Å². The van der Waals surface area contributed by atoms with Crippen LogP contribution in [-0.4, -0.2) is 57.5 Å². The summed E-state index contributed by atoms with van der Waals surface area (Å²) in [6.07, 6.45) is 4.14. The average Bonchev–Trinajstić information content (AvgIpc) is 2.86. The van der Waals surface area contributed by atoms with E-state index in [9.17, 15) is 0 Å². The second kappa shape index (κ2) is 7.71. The third-order valence-corrected chi connectivity index (χ3v) is 4.08. The van der Waals surface area contributed by atoms with Gasteiger partial charge in [0.25, 0.3) is 0 Å². The average molecular weight is 287 g/mol. The first-order valence-corrected chi connectivity index (χ1v) is 7.85. The summed E-state index contributed by atoms with van der Waals surface area (Å²) in [6.45, 7) is 7.28. The van der Waals surface area contributed by atoms with Gasteiger partial charge in [-0.15, -0.1) is 0 Å². The van der Waals surface area contributed by atoms with Crippen LogP contribution in [0.15, 0.2) is 0 Å². The molecule has 118 valence electrons. The molecule has 20 heavy (non-hydrogen) atoms. The van der Waals surface area contributed by atoms with Crippen molar-refractivity contribution in [2.75, 3.05) is 33.5 Å². The van der Waals surface area contributed by atoms with E-state index in [1.165, 1.54) is 0 Å². The second-order valence-electron chi connectivity index (χ2n) is 5.85. The molecule has 0 aromatic carbocycles. The van der Waals surface area contributed by atoms with Crippen molar-refractivity contribution in [3.63, 3.8) is 0 Å². The molecule has 0 radical (unpaired) electrons. The first-order valence-electron chi connectivity index (χ1n) is 7.85. The van der Waals surface area contributed by atoms with E-state index in [-0.39, 0.29) is 12.2 Å². The fourth-order valence-corrected chi connectivity index (χ4v) is 3.15. The highest BCUT2D eigenvalue weighted by atomic mass is 16.7. The van der Waals surface area contributed by atoms with Crippen LogP contribution in [-0.2, 0) is 18.9 Å². The minimum absolute atomic E-state index is 0.0903. The Morgan fingerprint density at radius 2 is 2.10 bits per heavy atom. The van der Waals surface area contributed by atoms with Crippen LogP contribution in [0.3, 0.4) is 0 Å². The van der Waals surface area contributed by atoms with Crippen molar-refractivity contribution in [1.29, 1.82) is 0 Å². The fraction of sp³-hybridized carbons (Fsp3) is 1.00. The van der Waals surface area contributed by atoms with Crippen molar-refractivity contribution in [2.24, 2.45) is 0 Å². The Bertz CT molecular complexity index is 281. The van der Waals surface area contributed by atoms with E-state index in [0.717, 1.165) is 32.2 Å². The molecule has 3 atom stereocenters. The largest absolute Gasteiger partial charge is 0.382 e. The van der Waals surface area contributed by atoms with Crippen molar-refractivity contribution in [1.82, 2.24) is 5.32 Å². The molecule has 2 fully saturated rings. The summed E-state index contributed by atoms with van der Waals surface area (Å²) in [6, 6.07) is 0.382. The van der Waals surface area contributed by atoms with E-state index in [2.05, 4.69) is 19.2 Å². The molecule has 0 amide bonds. The summed E-state index contributed by atoms with van der Waals surface area (Å²) in [7, 11) is 1.71. The monoisotopic (exact) mass is 287 g/mol. The minimum atomic E-state index is -0.401. The Hall–Kier alpha value is -0.200. The number of ether oxygens (including phenoxy) is 4. The summed E-state index contributed by atoms with van der Waals surface area (Å²) in [5.74, 6) is -0.401. The third kappa shape index (κ3) is 4.15. The Morgan fingerprint density at radius 1 is 1.35 bits per heavy atom. The highest BCUT2D eigenvalue weighted by Crippen LogP contribution is 2.37. The molecule has 2 rings (SSSR count). The summed E-state index contributed by atoms with van der Waals surface area (Å²) in [5, 5.41) is 3.60. The lowest BCUT2D eigenvalue weighted by molar-refractivity contribution is -0.214. The summed E-state index contributed by atoms with van der Waals surface area (Å²) < 4.78 is 23.0. The molecular formula is C15H29NO4. The smallest absolute Gasteiger partial charge is 0.171 e. The first-order chi connectivity index (χ1) is 9.69. The van der Waals surface area contributed by atoms with Gasteiger partial charge in [-0.1, -0.05) is 6.92 Å². The van der Waals surface area contributed by atoms with Crippen LogP contribution < -0.4 is 5.32 Å². The standard InChI is InChI=1S/C15H29NO4/c1-4-7-16-13-5-6-15(18-8-9-19-15)10-14(13)20-12(2)11-17-3/h12-14,16H,4-11H2,1-3H3. The molecule has 1 saturated carbocycles. The van der Waals surface area contributed by atoms with Crippen molar-refractivity contribution in [3.05, 3.63) is 0 Å². The third-order valence-electron chi connectivity index (χ3n) is 4.08. The van der Waals surface area contributed by atoms with Crippen LogP contribution in [0.4, 0.5) is 0 Å². The number of hydrogen-bond donors (Lipinski definition) is 1. The molecule has 0 aromatic heterocycles. The normalized spacial score (nSPS) is 30.8. The Balaban J connectivity index is 1.94. The van der Waals surface area contributed by atoms with Crippen LogP contribution in [0.2, 0.25) is 0 Å². The molecule has 3 unspecified atom stereocenters. The predicted octanol–water partition coefficient (Wildman–Crippen LogP) is 1.70. The molecule has 5 heteroatoms. The van der Waals surface area contributed by atoms with Gasteiger partial charge in [-0.25, -0.2) is 0 Å². The maximum Gasteiger partial charge on any atom is 0.171 e. The molecule has 2 aliphatic rings. The van der Waals surface area contributed by atoms with E-state index in [1.54, 1.807) is 7.11 Å². The number of hydrogen-bond acceptors (Lipinski definition) is 5. The lowest BCUT2D eigenvalue weighted by atomic mass is 9.87. The van der Waals surface area contributed by atoms with Gasteiger partial charge >= 0.3 is 0 Å². The van der Waals surface area contributed by atoms with Gasteiger partial charge in [0.15, 0.2) is 5.79 Å². The molecule has 1 heterocycles. The molecule has 0 aromatic rings. The lowest BCUT2D eigenvalue weighted by Gasteiger charge is -2.42. The molecule has 1 N–H and O–H groups in total. The quantitative estimate of drug-likeness (QED) is 0.772. The summed E-state index contributed by atoms with van der Waals surface area (Å²) in [5.41, 5.74) is 0. The van der Waals surface area contributed by atoms with Gasteiger partial charge in [-0.2, -0.15) is 0 Å². The SMILES string of the molecule is CCCNC1CCC2(CC1OC(C)COC)OCCO2. The molecule has 1 aliphatic heterocycles. The number of methoxy groups -OCH3 is 1. The predicted molar refractivity (Wildman–Crippen MR) is 76.8 cm³/mol. The van der Waals surface area contributed by atoms with Crippen molar-refractivity contribution in [3.8, 4) is 0 Å². The van der Waals surface area contributed by atoms with Crippen molar-refractivity contribution < 1.29 is 18.9 Å². The van der Waals surface area contributed by atoms with Crippen LogP contribution in [0, 0.1) is 0 Å². The van der Waals surface area contributed by atoms with Gasteiger partial charge in [-0.3, -0.25) is 0 Å². The van der Waals surface area contributed by atoms with Crippen molar-refractivity contribution >= 4 is 0 Å². The first kappa shape index (κ1) is 16.2. The minimum Gasteiger partial charge on any atom is -0.382 e. The van der Waals surface area contributed by atoms with Crippen molar-refractivity contribution in [2.45, 2.75) is 63.6 Å². The van der Waals surface area contributed by atoms with Crippen LogP contribution in [0.5, 0.6) is 0 Å². The maximum absolute atomic E-state index is 6.18. The second-order valence-corrected chi connectivity index (χ2v) is 5.85. The van der Waals surface area contributed by atoms with Crippen LogP contribution >= 0.6 is 0 Å². The Labute approximate surface area is 122 Å². The van der Waals surface area contributed by atoms with Gasteiger partial charge in [0.1, 0.15) is 0 Å². The fourth-order valence-electron chi connectivity index (χ4n) is 3.15. The summed E-state index contributed by atoms with van der Waals surface area (Å²) >= 11 is 0.